The molecule has 0 unspecified atom stereocenters. The minimum atomic E-state index is -0.440. The molecule has 1 aromatic rings. The average Bonchev–Trinajstić information content (AvgIpc) is 3.04. The second-order valence-electron chi connectivity index (χ2n) is 6.42. The van der Waals surface area contributed by atoms with E-state index >= 15 is 0 Å². The molecule has 0 saturated carbocycles. The maximum Gasteiger partial charge on any atom is 0.224 e. The highest BCUT2D eigenvalue weighted by Crippen LogP contribution is 2.31. The fourth-order valence-corrected chi connectivity index (χ4v) is 3.23. The Bertz CT molecular complexity index is 601. The first kappa shape index (κ1) is 17.7. The summed E-state index contributed by atoms with van der Waals surface area (Å²) < 4.78 is 11.4. The molecule has 0 aromatic heterocycles. The molecule has 2 fully saturated rings. The van der Waals surface area contributed by atoms with Crippen LogP contribution in [0.4, 0.5) is 11.4 Å². The molecule has 2 amide bonds. The molecule has 3 rings (SSSR count). The highest BCUT2D eigenvalue weighted by molar-refractivity contribution is 5.88. The standard InChI is InChI=1S/C18H25N3O4/c1-14(22)20-16-4-2-15(3-5-16)19-9-6-17(23)21-10-7-18(8-11-21)24-12-13-25-18/h2-5,19H,6-13H2,1H3,(H,20,22). The molecule has 2 N–H and O–H groups in total. The van der Waals surface area contributed by atoms with E-state index in [1.807, 2.05) is 29.2 Å². The predicted octanol–water partition coefficient (Wildman–Crippen LogP) is 1.81. The number of carbonyl (C=O) groups excluding carboxylic acids is 2. The molecule has 2 aliphatic heterocycles. The van der Waals surface area contributed by atoms with Gasteiger partial charge in [-0.1, -0.05) is 0 Å². The molecule has 2 heterocycles. The Labute approximate surface area is 147 Å². The van der Waals surface area contributed by atoms with E-state index in [1.165, 1.54) is 6.92 Å². The summed E-state index contributed by atoms with van der Waals surface area (Å²) in [5, 5.41) is 5.96. The van der Waals surface area contributed by atoms with Gasteiger partial charge in [0.15, 0.2) is 5.79 Å². The lowest BCUT2D eigenvalue weighted by Crippen LogP contribution is -2.47. The maximum absolute atomic E-state index is 12.3. The molecule has 0 aliphatic carbocycles. The van der Waals surface area contributed by atoms with Crippen molar-refractivity contribution in [1.29, 1.82) is 0 Å². The number of rotatable bonds is 5. The van der Waals surface area contributed by atoms with Gasteiger partial charge < -0.3 is 25.0 Å². The van der Waals surface area contributed by atoms with E-state index in [1.54, 1.807) is 0 Å². The Kier molecular flexibility index (Phi) is 5.55. The van der Waals surface area contributed by atoms with Crippen LogP contribution in [0.1, 0.15) is 26.2 Å². The van der Waals surface area contributed by atoms with E-state index in [9.17, 15) is 9.59 Å². The summed E-state index contributed by atoms with van der Waals surface area (Å²) in [5.41, 5.74) is 1.68. The first-order valence-electron chi connectivity index (χ1n) is 8.74. The topological polar surface area (TPSA) is 79.9 Å². The Hall–Kier alpha value is -2.12. The van der Waals surface area contributed by atoms with Gasteiger partial charge in [0.25, 0.3) is 0 Å². The van der Waals surface area contributed by atoms with Gasteiger partial charge in [0.05, 0.1) is 13.2 Å². The van der Waals surface area contributed by atoms with Gasteiger partial charge in [-0.25, -0.2) is 0 Å². The molecule has 0 atom stereocenters. The number of anilines is 2. The second-order valence-corrected chi connectivity index (χ2v) is 6.42. The Morgan fingerprint density at radius 2 is 1.68 bits per heavy atom. The lowest BCUT2D eigenvalue weighted by molar-refractivity contribution is -0.187. The summed E-state index contributed by atoms with van der Waals surface area (Å²) in [6.07, 6.45) is 1.94. The number of amides is 2. The van der Waals surface area contributed by atoms with Gasteiger partial charge >= 0.3 is 0 Å². The van der Waals surface area contributed by atoms with E-state index in [2.05, 4.69) is 10.6 Å². The smallest absolute Gasteiger partial charge is 0.224 e. The van der Waals surface area contributed by atoms with Crippen LogP contribution >= 0.6 is 0 Å². The molecule has 0 bridgehead atoms. The van der Waals surface area contributed by atoms with Crippen LogP contribution in [0, 0.1) is 0 Å². The number of piperidine rings is 1. The van der Waals surface area contributed by atoms with Crippen molar-refractivity contribution in [2.24, 2.45) is 0 Å². The third-order valence-electron chi connectivity index (χ3n) is 4.56. The van der Waals surface area contributed by atoms with E-state index in [0.717, 1.165) is 24.2 Å². The van der Waals surface area contributed by atoms with Crippen LogP contribution in [0.3, 0.4) is 0 Å². The van der Waals surface area contributed by atoms with Gasteiger partial charge in [-0.3, -0.25) is 9.59 Å². The third-order valence-corrected chi connectivity index (χ3v) is 4.56. The highest BCUT2D eigenvalue weighted by atomic mass is 16.7. The van der Waals surface area contributed by atoms with Gasteiger partial charge in [-0.05, 0) is 24.3 Å². The molecule has 7 nitrogen and oxygen atoms in total. The van der Waals surface area contributed by atoms with Crippen LogP contribution < -0.4 is 10.6 Å². The molecule has 25 heavy (non-hydrogen) atoms. The average molecular weight is 347 g/mol. The van der Waals surface area contributed by atoms with Crippen LogP contribution in [-0.2, 0) is 19.1 Å². The lowest BCUT2D eigenvalue weighted by Gasteiger charge is -2.37. The molecular formula is C18H25N3O4. The molecule has 2 saturated heterocycles. The number of hydrogen-bond acceptors (Lipinski definition) is 5. The van der Waals surface area contributed by atoms with Gasteiger partial charge in [-0.15, -0.1) is 0 Å². The van der Waals surface area contributed by atoms with Gasteiger partial charge in [0.2, 0.25) is 11.8 Å². The van der Waals surface area contributed by atoms with Crippen molar-refractivity contribution in [2.75, 3.05) is 43.5 Å². The minimum Gasteiger partial charge on any atom is -0.385 e. The number of nitrogens with zero attached hydrogens (tertiary/aromatic N) is 1. The summed E-state index contributed by atoms with van der Waals surface area (Å²) in [7, 11) is 0. The van der Waals surface area contributed by atoms with Crippen molar-refractivity contribution in [1.82, 2.24) is 4.90 Å². The van der Waals surface area contributed by atoms with E-state index in [4.69, 9.17) is 9.47 Å². The summed E-state index contributed by atoms with van der Waals surface area (Å²) in [6.45, 7) is 4.73. The highest BCUT2D eigenvalue weighted by Gasteiger charge is 2.40. The number of carbonyl (C=O) groups is 2. The molecule has 7 heteroatoms. The van der Waals surface area contributed by atoms with Crippen molar-refractivity contribution in [3.63, 3.8) is 0 Å². The fraction of sp³-hybridized carbons (Fsp3) is 0.556. The zero-order chi connectivity index (χ0) is 17.7. The van der Waals surface area contributed by atoms with E-state index < -0.39 is 5.79 Å². The molecule has 2 aliphatic rings. The molecule has 1 spiro atoms. The fourth-order valence-electron chi connectivity index (χ4n) is 3.23. The van der Waals surface area contributed by atoms with Crippen LogP contribution in [0.5, 0.6) is 0 Å². The number of likely N-dealkylation sites (tertiary alicyclic amines) is 1. The SMILES string of the molecule is CC(=O)Nc1ccc(NCCC(=O)N2CCC3(CC2)OCCO3)cc1. The van der Waals surface area contributed by atoms with Crippen LogP contribution in [0.2, 0.25) is 0 Å². The van der Waals surface area contributed by atoms with Crippen LogP contribution in [0.25, 0.3) is 0 Å². The third kappa shape index (κ3) is 4.70. The summed E-state index contributed by atoms with van der Waals surface area (Å²) in [5.74, 6) is -0.386. The quantitative estimate of drug-likeness (QED) is 0.849. The molecule has 136 valence electrons. The molecular weight excluding hydrogens is 322 g/mol. The van der Waals surface area contributed by atoms with Crippen LogP contribution in [-0.4, -0.2) is 55.3 Å². The Balaban J connectivity index is 1.38. The van der Waals surface area contributed by atoms with E-state index in [-0.39, 0.29) is 11.8 Å². The first-order chi connectivity index (χ1) is 12.1. The van der Waals surface area contributed by atoms with Crippen molar-refractivity contribution in [3.8, 4) is 0 Å². The minimum absolute atomic E-state index is 0.0944. The number of benzene rings is 1. The van der Waals surface area contributed by atoms with E-state index in [0.29, 0.717) is 39.3 Å². The maximum atomic E-state index is 12.3. The number of nitrogens with one attached hydrogen (secondary N) is 2. The Morgan fingerprint density at radius 1 is 1.08 bits per heavy atom. The molecule has 0 radical (unpaired) electrons. The summed E-state index contributed by atoms with van der Waals surface area (Å²) >= 11 is 0. The zero-order valence-corrected chi connectivity index (χ0v) is 14.5. The van der Waals surface area contributed by atoms with Gasteiger partial charge in [0.1, 0.15) is 0 Å². The predicted molar refractivity (Wildman–Crippen MR) is 94.3 cm³/mol. The first-order valence-corrected chi connectivity index (χ1v) is 8.74. The van der Waals surface area contributed by atoms with Gasteiger partial charge in [-0.2, -0.15) is 0 Å². The van der Waals surface area contributed by atoms with Crippen molar-refractivity contribution in [2.45, 2.75) is 32.0 Å². The van der Waals surface area contributed by atoms with Crippen molar-refractivity contribution >= 4 is 23.2 Å². The summed E-state index contributed by atoms with van der Waals surface area (Å²) in [4.78, 5) is 25.2. The van der Waals surface area contributed by atoms with Gasteiger partial charge in [0, 0.05) is 57.2 Å². The Morgan fingerprint density at radius 3 is 2.28 bits per heavy atom. The van der Waals surface area contributed by atoms with Crippen LogP contribution in [0.15, 0.2) is 24.3 Å². The zero-order valence-electron chi connectivity index (χ0n) is 14.5. The lowest BCUT2D eigenvalue weighted by atomic mass is 10.0. The number of hydrogen-bond donors (Lipinski definition) is 2. The monoisotopic (exact) mass is 347 g/mol. The largest absolute Gasteiger partial charge is 0.385 e. The van der Waals surface area contributed by atoms with Crippen molar-refractivity contribution < 1.29 is 19.1 Å². The number of ether oxygens (including phenoxy) is 2. The van der Waals surface area contributed by atoms with Crippen molar-refractivity contribution in [3.05, 3.63) is 24.3 Å². The summed E-state index contributed by atoms with van der Waals surface area (Å²) in [6, 6.07) is 7.43. The molecule has 1 aromatic carbocycles. The second kappa shape index (κ2) is 7.84. The normalized spacial score (nSPS) is 19.0.